The highest BCUT2D eigenvalue weighted by Gasteiger charge is 2.42. The van der Waals surface area contributed by atoms with Gasteiger partial charge in [-0.25, -0.2) is 8.78 Å². The maximum atomic E-state index is 13.4. The number of carbonyl (C=O) groups excluding carboxylic acids is 1. The van der Waals surface area contributed by atoms with Crippen molar-refractivity contribution < 1.29 is 18.7 Å². The number of nitrogens with one attached hydrogen (secondary N) is 2. The number of halogens is 2. The first kappa shape index (κ1) is 20.8. The van der Waals surface area contributed by atoms with Crippen LogP contribution in [0.25, 0.3) is 0 Å². The average molecular weight is 368 g/mol. The molecule has 146 valence electrons. The van der Waals surface area contributed by atoms with E-state index in [2.05, 4.69) is 24.5 Å². The molecule has 1 aliphatic rings. The number of benzene rings is 1. The van der Waals surface area contributed by atoms with Crippen molar-refractivity contribution in [2.24, 2.45) is 5.92 Å². The van der Waals surface area contributed by atoms with Gasteiger partial charge in [0, 0.05) is 25.1 Å². The lowest BCUT2D eigenvalue weighted by atomic mass is 9.99. The summed E-state index contributed by atoms with van der Waals surface area (Å²) in [4.78, 5) is 11.5. The van der Waals surface area contributed by atoms with Crippen LogP contribution in [0.3, 0.4) is 0 Å². The molecule has 2 unspecified atom stereocenters. The summed E-state index contributed by atoms with van der Waals surface area (Å²) in [5, 5.41) is 16.7. The van der Waals surface area contributed by atoms with Crippen molar-refractivity contribution in [3.63, 3.8) is 0 Å². The summed E-state index contributed by atoms with van der Waals surface area (Å²) in [7, 11) is 0. The van der Waals surface area contributed by atoms with E-state index in [1.54, 1.807) is 0 Å². The van der Waals surface area contributed by atoms with Gasteiger partial charge in [-0.3, -0.25) is 4.79 Å². The molecule has 1 saturated carbocycles. The van der Waals surface area contributed by atoms with E-state index in [1.807, 2.05) is 0 Å². The van der Waals surface area contributed by atoms with E-state index >= 15 is 0 Å². The van der Waals surface area contributed by atoms with Crippen molar-refractivity contribution in [1.82, 2.24) is 10.6 Å². The largest absolute Gasteiger partial charge is 0.390 e. The van der Waals surface area contributed by atoms with Gasteiger partial charge in [-0.2, -0.15) is 0 Å². The van der Waals surface area contributed by atoms with Crippen LogP contribution in [-0.2, 0) is 11.2 Å². The molecular weight excluding hydrogens is 338 g/mol. The molecule has 3 N–H and O–H groups in total. The maximum absolute atomic E-state index is 13.4. The second-order valence-corrected chi connectivity index (χ2v) is 7.95. The molecular formula is C20H30F2N2O2. The number of carbonyl (C=O) groups is 1. The molecule has 2 atom stereocenters. The van der Waals surface area contributed by atoms with Crippen molar-refractivity contribution in [3.8, 4) is 0 Å². The van der Waals surface area contributed by atoms with E-state index in [9.17, 15) is 18.7 Å². The Morgan fingerprint density at radius 2 is 1.85 bits per heavy atom. The highest BCUT2D eigenvalue weighted by molar-refractivity contribution is 5.73. The molecule has 0 spiro atoms. The zero-order valence-corrected chi connectivity index (χ0v) is 15.8. The lowest BCUT2D eigenvalue weighted by Crippen LogP contribution is -2.50. The number of hydrogen-bond acceptors (Lipinski definition) is 3. The topological polar surface area (TPSA) is 61.4 Å². The number of aliphatic hydroxyl groups is 1. The van der Waals surface area contributed by atoms with Gasteiger partial charge in [-0.05, 0) is 55.7 Å². The van der Waals surface area contributed by atoms with Gasteiger partial charge >= 0.3 is 0 Å². The highest BCUT2D eigenvalue weighted by atomic mass is 19.1. The molecule has 2 rings (SSSR count). The summed E-state index contributed by atoms with van der Waals surface area (Å²) in [5.74, 6) is -0.985. The lowest BCUT2D eigenvalue weighted by Gasteiger charge is -2.27. The molecule has 0 saturated heterocycles. The molecule has 1 aliphatic carbocycles. The molecule has 1 fully saturated rings. The van der Waals surface area contributed by atoms with Crippen LogP contribution in [0.4, 0.5) is 8.78 Å². The van der Waals surface area contributed by atoms with Crippen molar-refractivity contribution in [2.45, 2.75) is 70.6 Å². The Hall–Kier alpha value is -1.53. The quantitative estimate of drug-likeness (QED) is 0.595. The first-order valence-electron chi connectivity index (χ1n) is 9.34. The van der Waals surface area contributed by atoms with Gasteiger partial charge in [0.25, 0.3) is 0 Å². The van der Waals surface area contributed by atoms with Crippen molar-refractivity contribution in [1.29, 1.82) is 0 Å². The van der Waals surface area contributed by atoms with E-state index in [0.717, 1.165) is 31.7 Å². The van der Waals surface area contributed by atoms with Gasteiger partial charge in [0.05, 0.1) is 12.1 Å². The second-order valence-electron chi connectivity index (χ2n) is 7.95. The SMILES string of the molecule is CC(=O)NC(Cc1cc(F)cc(F)c1)C(O)CNC1(CCC(C)C)CC1. The standard InChI is InChI=1S/C20H30F2N2O2/c1-13(2)4-5-20(6-7-20)23-12-19(26)18(24-14(3)25)10-15-8-16(21)11-17(22)9-15/h8-9,11,13,18-19,23,26H,4-7,10,12H2,1-3H3,(H,24,25). The molecule has 26 heavy (non-hydrogen) atoms. The van der Waals surface area contributed by atoms with Crippen LogP contribution in [0, 0.1) is 17.6 Å². The molecule has 1 amide bonds. The molecule has 0 heterocycles. The predicted molar refractivity (Wildman–Crippen MR) is 97.7 cm³/mol. The van der Waals surface area contributed by atoms with Gasteiger partial charge in [-0.1, -0.05) is 13.8 Å². The Morgan fingerprint density at radius 1 is 1.23 bits per heavy atom. The number of amides is 1. The first-order valence-corrected chi connectivity index (χ1v) is 9.34. The van der Waals surface area contributed by atoms with E-state index in [4.69, 9.17) is 0 Å². The number of hydrogen-bond donors (Lipinski definition) is 3. The van der Waals surface area contributed by atoms with Crippen LogP contribution in [0.2, 0.25) is 0 Å². The summed E-state index contributed by atoms with van der Waals surface area (Å²) in [6, 6.07) is 2.65. The van der Waals surface area contributed by atoms with Crippen molar-refractivity contribution in [2.75, 3.05) is 6.54 Å². The van der Waals surface area contributed by atoms with Gasteiger partial charge < -0.3 is 15.7 Å². The minimum absolute atomic E-state index is 0.0942. The van der Waals surface area contributed by atoms with Gasteiger partial charge in [0.2, 0.25) is 5.91 Å². The molecule has 1 aromatic carbocycles. The normalized spacial score (nSPS) is 17.8. The Labute approximate surface area is 154 Å². The van der Waals surface area contributed by atoms with Crippen LogP contribution < -0.4 is 10.6 Å². The van der Waals surface area contributed by atoms with Crippen molar-refractivity contribution >= 4 is 5.91 Å². The van der Waals surface area contributed by atoms with Crippen LogP contribution in [-0.4, -0.2) is 35.2 Å². The van der Waals surface area contributed by atoms with E-state index < -0.39 is 23.8 Å². The fraction of sp³-hybridized carbons (Fsp3) is 0.650. The van der Waals surface area contributed by atoms with Crippen LogP contribution in [0.1, 0.15) is 52.0 Å². The van der Waals surface area contributed by atoms with Crippen LogP contribution >= 0.6 is 0 Å². The maximum Gasteiger partial charge on any atom is 0.217 e. The van der Waals surface area contributed by atoms with Gasteiger partial charge in [-0.15, -0.1) is 0 Å². The van der Waals surface area contributed by atoms with E-state index in [1.165, 1.54) is 19.1 Å². The third-order valence-electron chi connectivity index (χ3n) is 4.97. The second kappa shape index (κ2) is 8.91. The lowest BCUT2D eigenvalue weighted by molar-refractivity contribution is -0.120. The fourth-order valence-corrected chi connectivity index (χ4v) is 3.22. The van der Waals surface area contributed by atoms with Crippen LogP contribution in [0.5, 0.6) is 0 Å². The predicted octanol–water partition coefficient (Wildman–Crippen LogP) is 2.93. The molecule has 4 nitrogen and oxygen atoms in total. The Balaban J connectivity index is 1.96. The minimum atomic E-state index is -0.846. The summed E-state index contributed by atoms with van der Waals surface area (Å²) >= 11 is 0. The molecule has 0 bridgehead atoms. The Kier molecular flexibility index (Phi) is 7.12. The summed E-state index contributed by atoms with van der Waals surface area (Å²) in [6.45, 7) is 6.08. The molecule has 0 aliphatic heterocycles. The zero-order chi connectivity index (χ0) is 19.3. The smallest absolute Gasteiger partial charge is 0.217 e. The third-order valence-corrected chi connectivity index (χ3v) is 4.97. The number of rotatable bonds is 10. The number of aliphatic hydroxyl groups excluding tert-OH is 1. The Morgan fingerprint density at radius 3 is 2.35 bits per heavy atom. The molecule has 0 radical (unpaired) electrons. The summed E-state index contributed by atoms with van der Waals surface area (Å²) in [6.07, 6.45) is 3.69. The summed E-state index contributed by atoms with van der Waals surface area (Å²) < 4.78 is 26.8. The van der Waals surface area contributed by atoms with Gasteiger partial charge in [0.15, 0.2) is 0 Å². The minimum Gasteiger partial charge on any atom is -0.390 e. The first-order chi connectivity index (χ1) is 12.2. The fourth-order valence-electron chi connectivity index (χ4n) is 3.22. The molecule has 0 aromatic heterocycles. The van der Waals surface area contributed by atoms with Gasteiger partial charge in [0.1, 0.15) is 11.6 Å². The molecule has 6 heteroatoms. The number of β-amino-alcohol motifs (C(OH)–C–C–N with tert-alkyl or cyclic N) is 1. The average Bonchev–Trinajstić information content (AvgIpc) is 3.29. The summed E-state index contributed by atoms with van der Waals surface area (Å²) in [5.41, 5.74) is 0.498. The van der Waals surface area contributed by atoms with E-state index in [-0.39, 0.29) is 17.9 Å². The van der Waals surface area contributed by atoms with Crippen LogP contribution in [0.15, 0.2) is 18.2 Å². The third kappa shape index (κ3) is 6.65. The molecule has 1 aromatic rings. The zero-order valence-electron chi connectivity index (χ0n) is 15.8. The monoisotopic (exact) mass is 368 g/mol. The van der Waals surface area contributed by atoms with Crippen molar-refractivity contribution in [3.05, 3.63) is 35.4 Å². The van der Waals surface area contributed by atoms with E-state index in [0.29, 0.717) is 18.0 Å². The Bertz CT molecular complexity index is 598. The highest BCUT2D eigenvalue weighted by Crippen LogP contribution is 2.40.